The van der Waals surface area contributed by atoms with E-state index in [0.29, 0.717) is 15.7 Å². The van der Waals surface area contributed by atoms with Crippen LogP contribution in [0.5, 0.6) is 0 Å². The Morgan fingerprint density at radius 1 is 1.13 bits per heavy atom. The van der Waals surface area contributed by atoms with Crippen LogP contribution >= 0.6 is 34.8 Å². The molecule has 122 valence electrons. The molecule has 3 nitrogen and oxygen atoms in total. The molecule has 0 saturated heterocycles. The van der Waals surface area contributed by atoms with Gasteiger partial charge >= 0.3 is 0 Å². The van der Waals surface area contributed by atoms with E-state index in [-0.39, 0.29) is 23.5 Å². The summed E-state index contributed by atoms with van der Waals surface area (Å²) in [5.41, 5.74) is 1.20. The highest BCUT2D eigenvalue weighted by Gasteiger charge is 2.12. The lowest BCUT2D eigenvalue weighted by molar-refractivity contribution is -0.115. The zero-order valence-corrected chi connectivity index (χ0v) is 14.4. The second-order valence-corrected chi connectivity index (χ2v) is 6.19. The fraction of sp³-hybridized carbons (Fsp3) is 0.188. The maximum Gasteiger partial charge on any atom is 0.238 e. The van der Waals surface area contributed by atoms with Gasteiger partial charge in [-0.15, -0.1) is 0 Å². The van der Waals surface area contributed by atoms with Gasteiger partial charge in [0.2, 0.25) is 5.91 Å². The number of rotatable bonds is 5. The average molecular weight is 376 g/mol. The van der Waals surface area contributed by atoms with Crippen molar-refractivity contribution in [2.24, 2.45) is 0 Å². The van der Waals surface area contributed by atoms with Gasteiger partial charge in [0.05, 0.1) is 17.3 Å². The monoisotopic (exact) mass is 374 g/mol. The van der Waals surface area contributed by atoms with Crippen LogP contribution in [-0.2, 0) is 4.79 Å². The fourth-order valence-electron chi connectivity index (χ4n) is 1.99. The molecule has 2 rings (SSSR count). The maximum absolute atomic E-state index is 13.0. The lowest BCUT2D eigenvalue weighted by Crippen LogP contribution is -2.30. The standard InChI is InChI=1S/C16H14Cl3FN2O/c1-9(12-4-2-10(17)6-13(12)18)21-8-16(23)22-15-5-3-11(20)7-14(15)19/h2-7,9,21H,8H2,1H3,(H,22,23)/t9-/m0/s1. The van der Waals surface area contributed by atoms with Gasteiger partial charge in [0.25, 0.3) is 0 Å². The maximum atomic E-state index is 13.0. The quantitative estimate of drug-likeness (QED) is 0.765. The molecule has 0 spiro atoms. The Bertz CT molecular complexity index is 724. The Balaban J connectivity index is 1.93. The Kier molecular flexibility index (Phi) is 6.25. The minimum atomic E-state index is -0.461. The minimum Gasteiger partial charge on any atom is -0.324 e. The minimum absolute atomic E-state index is 0.0494. The molecule has 1 atom stereocenters. The predicted octanol–water partition coefficient (Wildman–Crippen LogP) is 5.08. The number of hydrogen-bond acceptors (Lipinski definition) is 2. The number of benzene rings is 2. The number of nitrogens with one attached hydrogen (secondary N) is 2. The van der Waals surface area contributed by atoms with Gasteiger partial charge in [-0.2, -0.15) is 0 Å². The zero-order chi connectivity index (χ0) is 17.0. The van der Waals surface area contributed by atoms with E-state index >= 15 is 0 Å². The topological polar surface area (TPSA) is 41.1 Å². The van der Waals surface area contributed by atoms with Crippen molar-refractivity contribution in [1.82, 2.24) is 5.32 Å². The third-order valence-corrected chi connectivity index (χ3v) is 4.08. The van der Waals surface area contributed by atoms with E-state index in [2.05, 4.69) is 10.6 Å². The summed E-state index contributed by atoms with van der Waals surface area (Å²) in [4.78, 5) is 11.9. The molecule has 0 fully saturated rings. The van der Waals surface area contributed by atoms with Gasteiger partial charge in [0.15, 0.2) is 0 Å². The second kappa shape index (κ2) is 7.97. The van der Waals surface area contributed by atoms with Gasteiger partial charge in [-0.25, -0.2) is 4.39 Å². The Hall–Kier alpha value is -1.33. The van der Waals surface area contributed by atoms with Gasteiger partial charge < -0.3 is 10.6 Å². The van der Waals surface area contributed by atoms with E-state index in [9.17, 15) is 9.18 Å². The van der Waals surface area contributed by atoms with Crippen molar-refractivity contribution in [3.8, 4) is 0 Å². The van der Waals surface area contributed by atoms with Crippen molar-refractivity contribution >= 4 is 46.4 Å². The first-order chi connectivity index (χ1) is 10.9. The molecule has 0 aromatic heterocycles. The molecule has 0 bridgehead atoms. The largest absolute Gasteiger partial charge is 0.324 e. The molecule has 2 aromatic rings. The number of halogens is 4. The molecule has 0 radical (unpaired) electrons. The summed E-state index contributed by atoms with van der Waals surface area (Å²) in [5.74, 6) is -0.757. The molecule has 1 amide bonds. The van der Waals surface area contributed by atoms with Gasteiger partial charge in [0.1, 0.15) is 5.82 Å². The number of carbonyl (C=O) groups is 1. The van der Waals surface area contributed by atoms with E-state index in [1.54, 1.807) is 18.2 Å². The van der Waals surface area contributed by atoms with Crippen LogP contribution < -0.4 is 10.6 Å². The lowest BCUT2D eigenvalue weighted by Gasteiger charge is -2.16. The molecule has 0 unspecified atom stereocenters. The van der Waals surface area contributed by atoms with Crippen LogP contribution in [0, 0.1) is 5.82 Å². The van der Waals surface area contributed by atoms with Gasteiger partial charge in [-0.1, -0.05) is 40.9 Å². The lowest BCUT2D eigenvalue weighted by atomic mass is 10.1. The van der Waals surface area contributed by atoms with Crippen LogP contribution in [0.3, 0.4) is 0 Å². The molecular weight excluding hydrogens is 362 g/mol. The number of carbonyl (C=O) groups excluding carboxylic acids is 1. The molecule has 0 saturated carbocycles. The van der Waals surface area contributed by atoms with Crippen LogP contribution in [-0.4, -0.2) is 12.5 Å². The predicted molar refractivity (Wildman–Crippen MR) is 92.9 cm³/mol. The summed E-state index contributed by atoms with van der Waals surface area (Å²) in [6, 6.07) is 8.82. The number of hydrogen-bond donors (Lipinski definition) is 2. The van der Waals surface area contributed by atoms with Gasteiger partial charge in [-0.3, -0.25) is 4.79 Å². The summed E-state index contributed by atoms with van der Waals surface area (Å²) in [5, 5.41) is 6.89. The highest BCUT2D eigenvalue weighted by molar-refractivity contribution is 6.35. The fourth-order valence-corrected chi connectivity index (χ4v) is 2.78. The van der Waals surface area contributed by atoms with E-state index in [4.69, 9.17) is 34.8 Å². The summed E-state index contributed by atoms with van der Waals surface area (Å²) >= 11 is 17.8. The normalized spacial score (nSPS) is 12.0. The summed E-state index contributed by atoms with van der Waals surface area (Å²) in [6.07, 6.45) is 0. The smallest absolute Gasteiger partial charge is 0.238 e. The average Bonchev–Trinajstić information content (AvgIpc) is 2.48. The Labute approximate surface area is 148 Å². The van der Waals surface area contributed by atoms with Gasteiger partial charge in [0, 0.05) is 16.1 Å². The highest BCUT2D eigenvalue weighted by Crippen LogP contribution is 2.26. The van der Waals surface area contributed by atoms with Crippen LogP contribution in [0.25, 0.3) is 0 Å². The van der Waals surface area contributed by atoms with Gasteiger partial charge in [-0.05, 0) is 42.8 Å². The second-order valence-electron chi connectivity index (χ2n) is 4.94. The highest BCUT2D eigenvalue weighted by atomic mass is 35.5. The molecule has 0 aliphatic heterocycles. The summed E-state index contributed by atoms with van der Waals surface area (Å²) in [6.45, 7) is 1.93. The van der Waals surface area contributed by atoms with E-state index < -0.39 is 5.82 Å². The van der Waals surface area contributed by atoms with Crippen LogP contribution in [0.4, 0.5) is 10.1 Å². The Morgan fingerprint density at radius 3 is 2.52 bits per heavy atom. The van der Waals surface area contributed by atoms with Crippen molar-refractivity contribution in [2.75, 3.05) is 11.9 Å². The van der Waals surface area contributed by atoms with Crippen molar-refractivity contribution in [1.29, 1.82) is 0 Å². The summed E-state index contributed by atoms with van der Waals surface area (Å²) in [7, 11) is 0. The molecule has 0 heterocycles. The van der Waals surface area contributed by atoms with Crippen molar-refractivity contribution in [3.63, 3.8) is 0 Å². The summed E-state index contributed by atoms with van der Waals surface area (Å²) < 4.78 is 13.0. The molecule has 7 heteroatoms. The van der Waals surface area contributed by atoms with Crippen molar-refractivity contribution in [3.05, 3.63) is 62.8 Å². The number of anilines is 1. The zero-order valence-electron chi connectivity index (χ0n) is 12.2. The third kappa shape index (κ3) is 5.08. The first-order valence-corrected chi connectivity index (χ1v) is 7.93. The van der Waals surface area contributed by atoms with Crippen LogP contribution in [0.1, 0.15) is 18.5 Å². The molecular formula is C16H14Cl3FN2O. The molecule has 2 aromatic carbocycles. The van der Waals surface area contributed by atoms with E-state index in [0.717, 1.165) is 11.6 Å². The van der Waals surface area contributed by atoms with Crippen LogP contribution in [0.15, 0.2) is 36.4 Å². The third-order valence-electron chi connectivity index (χ3n) is 3.20. The van der Waals surface area contributed by atoms with Crippen molar-refractivity contribution < 1.29 is 9.18 Å². The van der Waals surface area contributed by atoms with Crippen molar-refractivity contribution in [2.45, 2.75) is 13.0 Å². The van der Waals surface area contributed by atoms with E-state index in [1.807, 2.05) is 6.92 Å². The SMILES string of the molecule is C[C@H](NCC(=O)Nc1ccc(F)cc1Cl)c1ccc(Cl)cc1Cl. The first-order valence-electron chi connectivity index (χ1n) is 6.80. The number of amides is 1. The van der Waals surface area contributed by atoms with E-state index in [1.165, 1.54) is 12.1 Å². The molecule has 0 aliphatic rings. The Morgan fingerprint density at radius 2 is 1.87 bits per heavy atom. The molecule has 23 heavy (non-hydrogen) atoms. The molecule has 2 N–H and O–H groups in total. The first kappa shape index (κ1) is 18.0. The molecule has 0 aliphatic carbocycles. The van der Waals surface area contributed by atoms with Crippen LogP contribution in [0.2, 0.25) is 15.1 Å².